The van der Waals surface area contributed by atoms with Gasteiger partial charge in [0.05, 0.1) is 15.6 Å². The molecule has 26 heavy (non-hydrogen) atoms. The van der Waals surface area contributed by atoms with Crippen molar-refractivity contribution in [3.05, 3.63) is 62.7 Å². The minimum atomic E-state index is -0.480. The number of anilines is 1. The summed E-state index contributed by atoms with van der Waals surface area (Å²) in [5, 5.41) is 20.6. The molecular weight excluding hydrogens is 358 g/mol. The molecule has 0 saturated carbocycles. The predicted octanol–water partition coefficient (Wildman–Crippen LogP) is 3.22. The molecule has 0 radical (unpaired) electrons. The number of piperazine rings is 1. The van der Waals surface area contributed by atoms with Crippen molar-refractivity contribution in [3.63, 3.8) is 0 Å². The highest BCUT2D eigenvalue weighted by atomic mass is 35.5. The Morgan fingerprint density at radius 3 is 2.42 bits per heavy atom. The highest BCUT2D eigenvalue weighted by Gasteiger charge is 2.25. The van der Waals surface area contributed by atoms with E-state index in [-0.39, 0.29) is 17.3 Å². The first-order valence-electron chi connectivity index (χ1n) is 8.14. The number of rotatable bonds is 3. The number of non-ortho nitro benzene ring substituents is 1. The number of carbonyl (C=O) groups is 1. The van der Waals surface area contributed by atoms with Gasteiger partial charge in [0.1, 0.15) is 5.75 Å². The minimum Gasteiger partial charge on any atom is -0.508 e. The van der Waals surface area contributed by atoms with Crippen molar-refractivity contribution >= 4 is 28.9 Å². The zero-order chi connectivity index (χ0) is 18.8. The summed E-state index contributed by atoms with van der Waals surface area (Å²) >= 11 is 6.19. The lowest BCUT2D eigenvalue weighted by atomic mass is 10.1. The van der Waals surface area contributed by atoms with Crippen LogP contribution in [0.3, 0.4) is 0 Å². The summed E-state index contributed by atoms with van der Waals surface area (Å²) in [4.78, 5) is 26.8. The molecule has 2 aromatic rings. The van der Waals surface area contributed by atoms with Crippen LogP contribution in [0.15, 0.2) is 36.4 Å². The number of hydrogen-bond donors (Lipinski definition) is 1. The van der Waals surface area contributed by atoms with E-state index in [0.717, 1.165) is 11.3 Å². The number of phenolic OH excluding ortho intramolecular Hbond substituents is 1. The van der Waals surface area contributed by atoms with Crippen LogP contribution >= 0.6 is 11.6 Å². The molecule has 0 aliphatic carbocycles. The van der Waals surface area contributed by atoms with Crippen LogP contribution in [0, 0.1) is 17.0 Å². The monoisotopic (exact) mass is 375 g/mol. The van der Waals surface area contributed by atoms with Crippen molar-refractivity contribution in [3.8, 4) is 5.75 Å². The SMILES string of the molecule is Cc1cc(O)ccc1C(=O)N1CCN(c2ccc([N+](=O)[O-])cc2Cl)CC1. The van der Waals surface area contributed by atoms with E-state index in [1.165, 1.54) is 18.2 Å². The Morgan fingerprint density at radius 1 is 1.15 bits per heavy atom. The molecule has 2 aromatic carbocycles. The van der Waals surface area contributed by atoms with Crippen LogP contribution in [0.25, 0.3) is 0 Å². The van der Waals surface area contributed by atoms with Crippen molar-refractivity contribution < 1.29 is 14.8 Å². The standard InChI is InChI=1S/C18H18ClN3O4/c1-12-10-14(23)3-4-15(12)18(24)21-8-6-20(7-9-21)17-5-2-13(22(25)26)11-16(17)19/h2-5,10-11,23H,6-9H2,1H3. The average molecular weight is 376 g/mol. The number of nitrogens with zero attached hydrogens (tertiary/aromatic N) is 3. The van der Waals surface area contributed by atoms with Gasteiger partial charge in [-0.05, 0) is 36.8 Å². The number of nitro benzene ring substituents is 1. The quantitative estimate of drug-likeness (QED) is 0.657. The summed E-state index contributed by atoms with van der Waals surface area (Å²) in [5.74, 6) is 0.0635. The van der Waals surface area contributed by atoms with Crippen LogP contribution in [0.4, 0.5) is 11.4 Å². The maximum Gasteiger partial charge on any atom is 0.271 e. The fourth-order valence-electron chi connectivity index (χ4n) is 3.07. The third kappa shape index (κ3) is 3.57. The van der Waals surface area contributed by atoms with Crippen molar-refractivity contribution in [2.75, 3.05) is 31.1 Å². The van der Waals surface area contributed by atoms with Gasteiger partial charge in [-0.3, -0.25) is 14.9 Å². The molecule has 3 rings (SSSR count). The van der Waals surface area contributed by atoms with E-state index in [1.807, 2.05) is 4.90 Å². The van der Waals surface area contributed by atoms with Crippen LogP contribution in [0.2, 0.25) is 5.02 Å². The topological polar surface area (TPSA) is 86.9 Å². The van der Waals surface area contributed by atoms with Crippen LogP contribution in [0.1, 0.15) is 15.9 Å². The molecule has 7 nitrogen and oxygen atoms in total. The molecule has 1 aliphatic rings. The number of aromatic hydroxyl groups is 1. The number of nitro groups is 1. The zero-order valence-electron chi connectivity index (χ0n) is 14.2. The van der Waals surface area contributed by atoms with Gasteiger partial charge in [-0.25, -0.2) is 0 Å². The number of carbonyl (C=O) groups excluding carboxylic acids is 1. The van der Waals surface area contributed by atoms with E-state index >= 15 is 0 Å². The fraction of sp³-hybridized carbons (Fsp3) is 0.278. The smallest absolute Gasteiger partial charge is 0.271 e. The van der Waals surface area contributed by atoms with E-state index in [9.17, 15) is 20.0 Å². The Balaban J connectivity index is 1.69. The van der Waals surface area contributed by atoms with Gasteiger partial charge in [0.2, 0.25) is 0 Å². The van der Waals surface area contributed by atoms with Gasteiger partial charge in [0.15, 0.2) is 0 Å². The first-order chi connectivity index (χ1) is 12.4. The van der Waals surface area contributed by atoms with E-state index < -0.39 is 4.92 Å². The maximum atomic E-state index is 12.7. The van der Waals surface area contributed by atoms with E-state index in [0.29, 0.717) is 36.8 Å². The fourth-order valence-corrected chi connectivity index (χ4v) is 3.37. The lowest BCUT2D eigenvalue weighted by Crippen LogP contribution is -2.49. The van der Waals surface area contributed by atoms with Crippen molar-refractivity contribution in [2.24, 2.45) is 0 Å². The molecule has 1 amide bonds. The predicted molar refractivity (Wildman–Crippen MR) is 99.1 cm³/mol. The molecule has 8 heteroatoms. The maximum absolute atomic E-state index is 12.7. The summed E-state index contributed by atoms with van der Waals surface area (Å²) in [7, 11) is 0. The molecule has 1 saturated heterocycles. The number of amides is 1. The van der Waals surface area contributed by atoms with Crippen LogP contribution in [0.5, 0.6) is 5.75 Å². The summed E-state index contributed by atoms with van der Waals surface area (Å²) in [5.41, 5.74) is 1.99. The van der Waals surface area contributed by atoms with E-state index in [4.69, 9.17) is 11.6 Å². The van der Waals surface area contributed by atoms with Gasteiger partial charge in [-0.15, -0.1) is 0 Å². The molecule has 0 aromatic heterocycles. The number of hydrogen-bond acceptors (Lipinski definition) is 5. The second-order valence-corrected chi connectivity index (χ2v) is 6.58. The van der Waals surface area contributed by atoms with Gasteiger partial charge >= 0.3 is 0 Å². The van der Waals surface area contributed by atoms with E-state index in [1.54, 1.807) is 30.0 Å². The van der Waals surface area contributed by atoms with Crippen LogP contribution < -0.4 is 4.90 Å². The molecular formula is C18H18ClN3O4. The Hall–Kier alpha value is -2.80. The molecule has 0 spiro atoms. The summed E-state index contributed by atoms with van der Waals surface area (Å²) in [6.45, 7) is 4.00. The third-order valence-corrected chi connectivity index (χ3v) is 4.79. The molecule has 1 N–H and O–H groups in total. The van der Waals surface area contributed by atoms with Crippen molar-refractivity contribution in [1.82, 2.24) is 4.90 Å². The molecule has 0 bridgehead atoms. The normalized spacial score (nSPS) is 14.4. The Morgan fingerprint density at radius 2 is 1.85 bits per heavy atom. The van der Waals surface area contributed by atoms with Crippen LogP contribution in [-0.4, -0.2) is 47.0 Å². The van der Waals surface area contributed by atoms with Gasteiger partial charge < -0.3 is 14.9 Å². The summed E-state index contributed by atoms with van der Waals surface area (Å²) < 4.78 is 0. The molecule has 136 valence electrons. The van der Waals surface area contributed by atoms with Gasteiger partial charge in [-0.2, -0.15) is 0 Å². The lowest BCUT2D eigenvalue weighted by molar-refractivity contribution is -0.384. The van der Waals surface area contributed by atoms with Gasteiger partial charge in [-0.1, -0.05) is 11.6 Å². The molecule has 1 aliphatic heterocycles. The minimum absolute atomic E-state index is 0.0460. The molecule has 1 fully saturated rings. The van der Waals surface area contributed by atoms with Crippen LogP contribution in [-0.2, 0) is 0 Å². The first kappa shape index (κ1) is 18.0. The number of halogens is 1. The highest BCUT2D eigenvalue weighted by molar-refractivity contribution is 6.33. The van der Waals surface area contributed by atoms with E-state index in [2.05, 4.69) is 0 Å². The van der Waals surface area contributed by atoms with Gasteiger partial charge in [0, 0.05) is 43.9 Å². The Bertz CT molecular complexity index is 864. The number of benzene rings is 2. The second-order valence-electron chi connectivity index (χ2n) is 6.17. The van der Waals surface area contributed by atoms with Crippen molar-refractivity contribution in [1.29, 1.82) is 0 Å². The summed E-state index contributed by atoms with van der Waals surface area (Å²) in [6, 6.07) is 9.12. The Labute approximate surface area is 155 Å². The molecule has 0 unspecified atom stereocenters. The number of phenols is 1. The Kier molecular flexibility index (Phi) is 4.99. The first-order valence-corrected chi connectivity index (χ1v) is 8.52. The van der Waals surface area contributed by atoms with Crippen molar-refractivity contribution in [2.45, 2.75) is 6.92 Å². The molecule has 0 atom stereocenters. The second kappa shape index (κ2) is 7.21. The molecule has 1 heterocycles. The summed E-state index contributed by atoms with van der Waals surface area (Å²) in [6.07, 6.45) is 0. The third-order valence-electron chi connectivity index (χ3n) is 4.49. The largest absolute Gasteiger partial charge is 0.508 e. The number of aryl methyl sites for hydroxylation is 1. The van der Waals surface area contributed by atoms with Gasteiger partial charge in [0.25, 0.3) is 11.6 Å². The zero-order valence-corrected chi connectivity index (χ0v) is 14.9. The average Bonchev–Trinajstić information content (AvgIpc) is 2.61. The lowest BCUT2D eigenvalue weighted by Gasteiger charge is -2.36. The highest BCUT2D eigenvalue weighted by Crippen LogP contribution is 2.30.